The van der Waals surface area contributed by atoms with Gasteiger partial charge in [0.2, 0.25) is 15.9 Å². The summed E-state index contributed by atoms with van der Waals surface area (Å²) in [6.45, 7) is 2.66. The van der Waals surface area contributed by atoms with E-state index in [1.54, 1.807) is 12.1 Å². The Balaban J connectivity index is 1.46. The van der Waals surface area contributed by atoms with Crippen LogP contribution in [0.1, 0.15) is 35.6 Å². The molecule has 3 aromatic carbocycles. The number of nitrogens with zero attached hydrogens (tertiary/aromatic N) is 1. The standard InChI is InChI=1S/C26H27ClN2O3S/c1-19-7-5-6-10-24(19)25(20-8-3-2-4-9-20)28-26(30)21-15-17-29(18-16-21)33(31,32)23-13-11-22(27)12-14-23/h2-14,21,25H,15-18H2,1H3,(H,28,30). The van der Waals surface area contributed by atoms with Gasteiger partial charge < -0.3 is 5.32 Å². The van der Waals surface area contributed by atoms with Crippen molar-refractivity contribution in [2.24, 2.45) is 5.92 Å². The lowest BCUT2D eigenvalue weighted by Gasteiger charge is -2.32. The quantitative estimate of drug-likeness (QED) is 0.540. The van der Waals surface area contributed by atoms with Gasteiger partial charge in [-0.15, -0.1) is 0 Å². The van der Waals surface area contributed by atoms with E-state index in [1.807, 2.05) is 61.5 Å². The van der Waals surface area contributed by atoms with E-state index in [1.165, 1.54) is 16.4 Å². The number of piperidine rings is 1. The molecule has 0 aromatic heterocycles. The second kappa shape index (κ2) is 10.1. The SMILES string of the molecule is Cc1ccccc1C(NC(=O)C1CCN(S(=O)(=O)c2ccc(Cl)cc2)CC1)c1ccccc1. The molecule has 1 saturated heterocycles. The molecule has 33 heavy (non-hydrogen) atoms. The molecular formula is C26H27ClN2O3S. The van der Waals surface area contributed by atoms with Crippen LogP contribution < -0.4 is 5.32 Å². The molecule has 1 fully saturated rings. The van der Waals surface area contributed by atoms with Gasteiger partial charge in [0.25, 0.3) is 0 Å². The van der Waals surface area contributed by atoms with E-state index >= 15 is 0 Å². The minimum Gasteiger partial charge on any atom is -0.345 e. The molecule has 1 amide bonds. The summed E-state index contributed by atoms with van der Waals surface area (Å²) in [5, 5.41) is 3.72. The maximum absolute atomic E-state index is 13.2. The number of halogens is 1. The normalized spacial score (nSPS) is 16.3. The number of carbonyl (C=O) groups excluding carboxylic acids is 1. The highest BCUT2D eigenvalue weighted by molar-refractivity contribution is 7.89. The van der Waals surface area contributed by atoms with Crippen molar-refractivity contribution in [3.8, 4) is 0 Å². The number of hydrogen-bond donors (Lipinski definition) is 1. The maximum atomic E-state index is 13.2. The summed E-state index contributed by atoms with van der Waals surface area (Å²) < 4.78 is 27.3. The van der Waals surface area contributed by atoms with E-state index in [0.29, 0.717) is 31.0 Å². The van der Waals surface area contributed by atoms with E-state index in [-0.39, 0.29) is 22.8 Å². The van der Waals surface area contributed by atoms with Crippen LogP contribution in [0.3, 0.4) is 0 Å². The molecule has 1 unspecified atom stereocenters. The molecule has 3 aromatic rings. The maximum Gasteiger partial charge on any atom is 0.243 e. The number of carbonyl (C=O) groups is 1. The first-order valence-electron chi connectivity index (χ1n) is 11.0. The van der Waals surface area contributed by atoms with Crippen LogP contribution in [0, 0.1) is 12.8 Å². The monoisotopic (exact) mass is 482 g/mol. The molecule has 0 saturated carbocycles. The highest BCUT2D eigenvalue weighted by Crippen LogP contribution is 2.28. The Labute approximate surface area is 200 Å². The average molecular weight is 483 g/mol. The highest BCUT2D eigenvalue weighted by atomic mass is 35.5. The van der Waals surface area contributed by atoms with Gasteiger partial charge in [0.15, 0.2) is 0 Å². The molecule has 1 atom stereocenters. The van der Waals surface area contributed by atoms with Crippen LogP contribution in [0.25, 0.3) is 0 Å². The molecule has 5 nitrogen and oxygen atoms in total. The fourth-order valence-electron chi connectivity index (χ4n) is 4.27. The first-order valence-corrected chi connectivity index (χ1v) is 12.8. The molecule has 0 radical (unpaired) electrons. The highest BCUT2D eigenvalue weighted by Gasteiger charge is 2.33. The van der Waals surface area contributed by atoms with Crippen LogP contribution in [-0.2, 0) is 14.8 Å². The third-order valence-corrected chi connectivity index (χ3v) is 8.36. The summed E-state index contributed by atoms with van der Waals surface area (Å²) in [6, 6.07) is 23.9. The Kier molecular flexibility index (Phi) is 7.17. The molecule has 0 aliphatic carbocycles. The Hall–Kier alpha value is -2.67. The van der Waals surface area contributed by atoms with Gasteiger partial charge >= 0.3 is 0 Å². The zero-order chi connectivity index (χ0) is 23.4. The number of nitrogens with one attached hydrogen (secondary N) is 1. The molecule has 4 rings (SSSR count). The van der Waals surface area contributed by atoms with Gasteiger partial charge in [0, 0.05) is 24.0 Å². The van der Waals surface area contributed by atoms with Gasteiger partial charge in [-0.25, -0.2) is 8.42 Å². The lowest BCUT2D eigenvalue weighted by molar-refractivity contribution is -0.126. The van der Waals surface area contributed by atoms with E-state index in [4.69, 9.17) is 11.6 Å². The second-order valence-corrected chi connectivity index (χ2v) is 10.7. The minimum atomic E-state index is -3.60. The smallest absolute Gasteiger partial charge is 0.243 e. The van der Waals surface area contributed by atoms with Crippen molar-refractivity contribution >= 4 is 27.5 Å². The summed E-state index contributed by atoms with van der Waals surface area (Å²) in [7, 11) is -3.60. The van der Waals surface area contributed by atoms with Gasteiger partial charge in [-0.05, 0) is 60.7 Å². The number of sulfonamides is 1. The van der Waals surface area contributed by atoms with Crippen molar-refractivity contribution in [1.29, 1.82) is 0 Å². The van der Waals surface area contributed by atoms with Crippen LogP contribution in [0.15, 0.2) is 83.8 Å². The third-order valence-electron chi connectivity index (χ3n) is 6.20. The van der Waals surface area contributed by atoms with Crippen molar-refractivity contribution in [2.45, 2.75) is 30.7 Å². The summed E-state index contributed by atoms with van der Waals surface area (Å²) in [6.07, 6.45) is 0.960. The van der Waals surface area contributed by atoms with E-state index in [0.717, 1.165) is 16.7 Å². The lowest BCUT2D eigenvalue weighted by Crippen LogP contribution is -2.43. The fourth-order valence-corrected chi connectivity index (χ4v) is 5.87. The van der Waals surface area contributed by atoms with Gasteiger partial charge in [-0.3, -0.25) is 4.79 Å². The zero-order valence-electron chi connectivity index (χ0n) is 18.4. The molecule has 1 heterocycles. The summed E-state index contributed by atoms with van der Waals surface area (Å²) in [5.41, 5.74) is 3.18. The molecule has 0 spiro atoms. The Morgan fingerprint density at radius 3 is 2.18 bits per heavy atom. The molecule has 1 aliphatic heterocycles. The van der Waals surface area contributed by atoms with Gasteiger partial charge in [0.1, 0.15) is 0 Å². The number of rotatable bonds is 6. The lowest BCUT2D eigenvalue weighted by atomic mass is 9.92. The topological polar surface area (TPSA) is 66.5 Å². The zero-order valence-corrected chi connectivity index (χ0v) is 20.0. The van der Waals surface area contributed by atoms with Gasteiger partial charge in [-0.2, -0.15) is 4.31 Å². The largest absolute Gasteiger partial charge is 0.345 e. The van der Waals surface area contributed by atoms with E-state index in [2.05, 4.69) is 5.32 Å². The number of aryl methyl sites for hydroxylation is 1. The van der Waals surface area contributed by atoms with Crippen molar-refractivity contribution in [3.05, 3.63) is 101 Å². The Morgan fingerprint density at radius 1 is 0.939 bits per heavy atom. The molecule has 0 bridgehead atoms. The fraction of sp³-hybridized carbons (Fsp3) is 0.269. The Morgan fingerprint density at radius 2 is 1.55 bits per heavy atom. The molecule has 7 heteroatoms. The summed E-state index contributed by atoms with van der Waals surface area (Å²) >= 11 is 5.89. The van der Waals surface area contributed by atoms with Crippen LogP contribution in [0.5, 0.6) is 0 Å². The molecular weight excluding hydrogens is 456 g/mol. The van der Waals surface area contributed by atoms with Gasteiger partial charge in [-0.1, -0.05) is 66.2 Å². The molecule has 1 aliphatic rings. The molecule has 172 valence electrons. The predicted molar refractivity (Wildman–Crippen MR) is 131 cm³/mol. The molecule has 1 N–H and O–H groups in total. The summed E-state index contributed by atoms with van der Waals surface area (Å²) in [5.74, 6) is -0.285. The number of benzene rings is 3. The van der Waals surface area contributed by atoms with Crippen LogP contribution >= 0.6 is 11.6 Å². The average Bonchev–Trinajstić information content (AvgIpc) is 2.84. The number of hydrogen-bond acceptors (Lipinski definition) is 3. The van der Waals surface area contributed by atoms with Crippen molar-refractivity contribution in [3.63, 3.8) is 0 Å². The Bertz CT molecular complexity index is 1210. The van der Waals surface area contributed by atoms with Crippen LogP contribution in [-0.4, -0.2) is 31.7 Å². The van der Waals surface area contributed by atoms with Crippen LogP contribution in [0.4, 0.5) is 0 Å². The first-order chi connectivity index (χ1) is 15.9. The first kappa shape index (κ1) is 23.5. The van der Waals surface area contributed by atoms with Crippen molar-refractivity contribution in [1.82, 2.24) is 9.62 Å². The van der Waals surface area contributed by atoms with Crippen molar-refractivity contribution < 1.29 is 13.2 Å². The minimum absolute atomic E-state index is 0.0457. The van der Waals surface area contributed by atoms with E-state index < -0.39 is 10.0 Å². The second-order valence-electron chi connectivity index (χ2n) is 8.34. The van der Waals surface area contributed by atoms with Crippen LogP contribution in [0.2, 0.25) is 5.02 Å². The van der Waals surface area contributed by atoms with E-state index in [9.17, 15) is 13.2 Å². The van der Waals surface area contributed by atoms with Gasteiger partial charge in [0.05, 0.1) is 10.9 Å². The van der Waals surface area contributed by atoms with Crippen molar-refractivity contribution in [2.75, 3.05) is 13.1 Å². The third kappa shape index (κ3) is 5.29. The predicted octanol–water partition coefficient (Wildman–Crippen LogP) is 4.95. The summed E-state index contributed by atoms with van der Waals surface area (Å²) in [4.78, 5) is 13.5. The number of amides is 1.